The standard InChI is InChI=1S/C22H32O2P2/c1-15-11-18(22(3,4)5)20(24-14-23-6)19(12-15)26-21-16(2)9-8-10-17(21)13-25-7/h8-12,25-26H,13-14H2,1-7H3. The summed E-state index contributed by atoms with van der Waals surface area (Å²) in [5.41, 5.74) is 5.41. The molecule has 0 aliphatic carbocycles. The number of rotatable bonds is 7. The molecule has 0 fully saturated rings. The van der Waals surface area contributed by atoms with Crippen molar-refractivity contribution in [1.82, 2.24) is 0 Å². The van der Waals surface area contributed by atoms with Gasteiger partial charge in [-0.05, 0) is 60.2 Å². The lowest BCUT2D eigenvalue weighted by molar-refractivity contribution is 0.0506. The van der Waals surface area contributed by atoms with E-state index in [4.69, 9.17) is 9.47 Å². The largest absolute Gasteiger partial charge is 0.467 e. The number of ether oxygens (including phenoxy) is 2. The van der Waals surface area contributed by atoms with E-state index in [1.807, 2.05) is 0 Å². The molecule has 4 heteroatoms. The van der Waals surface area contributed by atoms with Crippen molar-refractivity contribution in [2.45, 2.75) is 46.2 Å². The van der Waals surface area contributed by atoms with Gasteiger partial charge in [0.1, 0.15) is 5.75 Å². The second kappa shape index (κ2) is 9.32. The Labute approximate surface area is 162 Å². The van der Waals surface area contributed by atoms with Crippen molar-refractivity contribution in [1.29, 1.82) is 0 Å². The second-order valence-electron chi connectivity index (χ2n) is 7.75. The number of benzene rings is 2. The van der Waals surface area contributed by atoms with E-state index in [0.717, 1.165) is 20.5 Å². The molecule has 0 heterocycles. The van der Waals surface area contributed by atoms with Gasteiger partial charge < -0.3 is 9.47 Å². The van der Waals surface area contributed by atoms with Gasteiger partial charge in [-0.1, -0.05) is 53.6 Å². The van der Waals surface area contributed by atoms with Crippen molar-refractivity contribution >= 4 is 27.8 Å². The van der Waals surface area contributed by atoms with Crippen molar-refractivity contribution in [3.8, 4) is 5.75 Å². The minimum Gasteiger partial charge on any atom is -0.467 e. The highest BCUT2D eigenvalue weighted by molar-refractivity contribution is 7.56. The predicted molar refractivity (Wildman–Crippen MR) is 119 cm³/mol. The fraction of sp³-hybridized carbons (Fsp3) is 0.455. The predicted octanol–water partition coefficient (Wildman–Crippen LogP) is 5.02. The summed E-state index contributed by atoms with van der Waals surface area (Å²) >= 11 is 0. The number of hydrogen-bond donors (Lipinski definition) is 0. The van der Waals surface area contributed by atoms with Crippen LogP contribution in [0.4, 0.5) is 0 Å². The van der Waals surface area contributed by atoms with Gasteiger partial charge >= 0.3 is 0 Å². The molecule has 0 spiro atoms. The summed E-state index contributed by atoms with van der Waals surface area (Å²) in [7, 11) is 3.19. The Morgan fingerprint density at radius 1 is 1.08 bits per heavy atom. The van der Waals surface area contributed by atoms with Gasteiger partial charge in [-0.2, -0.15) is 0 Å². The fourth-order valence-electron chi connectivity index (χ4n) is 3.08. The molecule has 2 unspecified atom stereocenters. The van der Waals surface area contributed by atoms with Crippen molar-refractivity contribution in [2.75, 3.05) is 20.6 Å². The maximum Gasteiger partial charge on any atom is 0.188 e. The summed E-state index contributed by atoms with van der Waals surface area (Å²) in [6.45, 7) is 13.7. The van der Waals surface area contributed by atoms with Gasteiger partial charge in [0.2, 0.25) is 0 Å². The van der Waals surface area contributed by atoms with Crippen LogP contribution in [0.5, 0.6) is 5.75 Å². The van der Waals surface area contributed by atoms with E-state index in [9.17, 15) is 0 Å². The molecule has 0 aromatic heterocycles. The lowest BCUT2D eigenvalue weighted by Crippen LogP contribution is -2.21. The summed E-state index contributed by atoms with van der Waals surface area (Å²) in [4.78, 5) is 0. The zero-order valence-corrected chi connectivity index (χ0v) is 19.1. The SMILES string of the molecule is COCOc1c(Pc2c(C)cccc2CPC)cc(C)cc1C(C)(C)C. The molecule has 0 bridgehead atoms. The lowest BCUT2D eigenvalue weighted by atomic mass is 9.85. The van der Waals surface area contributed by atoms with Crippen LogP contribution in [0.3, 0.4) is 0 Å². The molecule has 2 aromatic rings. The van der Waals surface area contributed by atoms with Gasteiger partial charge in [0.05, 0.1) is 0 Å². The minimum atomic E-state index is 0.0215. The van der Waals surface area contributed by atoms with E-state index in [-0.39, 0.29) is 12.2 Å². The maximum absolute atomic E-state index is 6.10. The molecule has 142 valence electrons. The third kappa shape index (κ3) is 5.29. The van der Waals surface area contributed by atoms with E-state index in [1.54, 1.807) is 7.11 Å². The van der Waals surface area contributed by atoms with Crippen LogP contribution in [0.1, 0.15) is 43.0 Å². The third-order valence-corrected chi connectivity index (χ3v) is 6.69. The summed E-state index contributed by atoms with van der Waals surface area (Å²) < 4.78 is 11.3. The zero-order chi connectivity index (χ0) is 19.3. The molecule has 0 saturated carbocycles. The van der Waals surface area contributed by atoms with Crippen molar-refractivity contribution in [3.05, 3.63) is 52.6 Å². The van der Waals surface area contributed by atoms with Crippen LogP contribution in [-0.4, -0.2) is 20.6 Å². The van der Waals surface area contributed by atoms with Crippen LogP contribution in [0.2, 0.25) is 0 Å². The van der Waals surface area contributed by atoms with Crippen LogP contribution in [0.25, 0.3) is 0 Å². The average Bonchev–Trinajstić information content (AvgIpc) is 2.56. The number of methoxy groups -OCH3 is 1. The summed E-state index contributed by atoms with van der Waals surface area (Å²) in [6.07, 6.45) is 1.15. The van der Waals surface area contributed by atoms with Gasteiger partial charge in [0.15, 0.2) is 6.79 Å². The quantitative estimate of drug-likeness (QED) is 0.488. The van der Waals surface area contributed by atoms with Crippen LogP contribution < -0.4 is 15.3 Å². The van der Waals surface area contributed by atoms with Gasteiger partial charge in [-0.15, -0.1) is 8.58 Å². The Morgan fingerprint density at radius 3 is 2.42 bits per heavy atom. The van der Waals surface area contributed by atoms with Crippen LogP contribution in [-0.2, 0) is 16.3 Å². The molecular weight excluding hydrogens is 358 g/mol. The number of hydrogen-bond acceptors (Lipinski definition) is 2. The van der Waals surface area contributed by atoms with E-state index in [1.165, 1.54) is 32.9 Å². The number of aryl methyl sites for hydroxylation is 2. The maximum atomic E-state index is 6.10. The Hall–Kier alpha value is -0.940. The first kappa shape index (κ1) is 21.4. The summed E-state index contributed by atoms with van der Waals surface area (Å²) in [5, 5.41) is 2.75. The van der Waals surface area contributed by atoms with E-state index >= 15 is 0 Å². The molecule has 0 saturated heterocycles. The Balaban J connectivity index is 2.57. The molecule has 26 heavy (non-hydrogen) atoms. The molecule has 2 aromatic carbocycles. The summed E-state index contributed by atoms with van der Waals surface area (Å²) in [6, 6.07) is 11.2. The Kier molecular flexibility index (Phi) is 7.65. The Bertz CT molecular complexity index is 749. The van der Waals surface area contributed by atoms with Gasteiger partial charge in [0.25, 0.3) is 0 Å². The van der Waals surface area contributed by atoms with Gasteiger partial charge in [0, 0.05) is 18.0 Å². The van der Waals surface area contributed by atoms with Crippen molar-refractivity contribution < 1.29 is 9.47 Å². The Morgan fingerprint density at radius 2 is 1.81 bits per heavy atom. The smallest absolute Gasteiger partial charge is 0.188 e. The van der Waals surface area contributed by atoms with Gasteiger partial charge in [-0.25, -0.2) is 0 Å². The molecule has 0 radical (unpaired) electrons. The van der Waals surface area contributed by atoms with E-state index < -0.39 is 0 Å². The second-order valence-corrected chi connectivity index (χ2v) is 10.1. The molecule has 0 aliphatic heterocycles. The normalized spacial score (nSPS) is 12.6. The van der Waals surface area contributed by atoms with Crippen LogP contribution >= 0.6 is 17.2 Å². The molecule has 2 atom stereocenters. The monoisotopic (exact) mass is 390 g/mol. The minimum absolute atomic E-state index is 0.0215. The first-order chi connectivity index (χ1) is 12.3. The van der Waals surface area contributed by atoms with Crippen LogP contribution in [0.15, 0.2) is 30.3 Å². The van der Waals surface area contributed by atoms with Crippen molar-refractivity contribution in [3.63, 3.8) is 0 Å². The first-order valence-electron chi connectivity index (χ1n) is 9.05. The molecule has 0 aliphatic rings. The molecule has 0 amide bonds. The van der Waals surface area contributed by atoms with E-state index in [2.05, 4.69) is 71.6 Å². The van der Waals surface area contributed by atoms with Crippen molar-refractivity contribution in [2.24, 2.45) is 0 Å². The molecule has 2 rings (SSSR count). The highest BCUT2D eigenvalue weighted by Gasteiger charge is 2.23. The molecule has 0 N–H and O–H groups in total. The lowest BCUT2D eigenvalue weighted by Gasteiger charge is -2.26. The highest BCUT2D eigenvalue weighted by atomic mass is 31.1. The average molecular weight is 390 g/mol. The first-order valence-corrected chi connectivity index (χ1v) is 11.8. The van der Waals surface area contributed by atoms with E-state index in [0.29, 0.717) is 8.58 Å². The molecular formula is C22H32O2P2. The fourth-order valence-corrected chi connectivity index (χ4v) is 5.43. The zero-order valence-electron chi connectivity index (χ0n) is 17.1. The topological polar surface area (TPSA) is 18.5 Å². The third-order valence-electron chi connectivity index (χ3n) is 4.35. The van der Waals surface area contributed by atoms with Crippen LogP contribution in [0, 0.1) is 13.8 Å². The molecule has 2 nitrogen and oxygen atoms in total. The highest BCUT2D eigenvalue weighted by Crippen LogP contribution is 2.35. The summed E-state index contributed by atoms with van der Waals surface area (Å²) in [5.74, 6) is 0.997. The van der Waals surface area contributed by atoms with Gasteiger partial charge in [-0.3, -0.25) is 0 Å².